The number of rotatable bonds is 7. The first-order valence-corrected chi connectivity index (χ1v) is 27.0. The lowest BCUT2D eigenvalue weighted by molar-refractivity contribution is -0.00781. The average Bonchev–Trinajstić information content (AvgIpc) is 3.65. The van der Waals surface area contributed by atoms with Crippen LogP contribution in [0.4, 0.5) is 0 Å². The Morgan fingerprint density at radius 2 is 1.21 bits per heavy atom. The lowest BCUT2D eigenvalue weighted by Gasteiger charge is -2.51. The van der Waals surface area contributed by atoms with Crippen molar-refractivity contribution < 1.29 is 0 Å². The molecule has 0 N–H and O–H groups in total. The molecule has 2 nitrogen and oxygen atoms in total. The summed E-state index contributed by atoms with van der Waals surface area (Å²) in [6.07, 6.45) is 63.4. The Bertz CT molecular complexity index is 1500. The Morgan fingerprint density at radius 1 is 0.466 bits per heavy atom. The third-order valence-corrected chi connectivity index (χ3v) is 20.7. The van der Waals surface area contributed by atoms with Crippen LogP contribution in [0.2, 0.25) is 0 Å². The summed E-state index contributed by atoms with van der Waals surface area (Å²) in [5.74, 6) is 10.5. The molecule has 11 aliphatic rings. The van der Waals surface area contributed by atoms with Crippen LogP contribution in [0, 0.1) is 65.1 Å². The van der Waals surface area contributed by atoms with Gasteiger partial charge in [-0.3, -0.25) is 4.90 Å². The minimum atomic E-state index is 0.807. The Kier molecular flexibility index (Phi) is 12.2. The highest BCUT2D eigenvalue weighted by molar-refractivity contribution is 5.23. The van der Waals surface area contributed by atoms with Crippen LogP contribution in [0.15, 0.2) is 47.7 Å². The number of allylic oxidation sites excluding steroid dienone is 8. The Morgan fingerprint density at radius 3 is 2.00 bits per heavy atom. The molecule has 0 aromatic carbocycles. The third kappa shape index (κ3) is 7.86. The summed E-state index contributed by atoms with van der Waals surface area (Å²) >= 11 is 0. The van der Waals surface area contributed by atoms with Crippen LogP contribution in [0.1, 0.15) is 205 Å². The van der Waals surface area contributed by atoms with E-state index in [1.807, 2.05) is 11.3 Å². The second-order valence-corrected chi connectivity index (χ2v) is 23.3. The van der Waals surface area contributed by atoms with Crippen molar-refractivity contribution in [3.8, 4) is 0 Å². The molecule has 0 bridgehead atoms. The maximum Gasteiger partial charge on any atom is 0.0290 e. The Labute approximate surface area is 357 Å². The number of hydrogen-bond acceptors (Lipinski definition) is 2. The van der Waals surface area contributed by atoms with Gasteiger partial charge in [0.1, 0.15) is 0 Å². The van der Waals surface area contributed by atoms with Gasteiger partial charge in [0.15, 0.2) is 0 Å². The molecule has 1 saturated heterocycles. The Balaban J connectivity index is 0.766. The van der Waals surface area contributed by atoms with Gasteiger partial charge in [-0.05, 0) is 238 Å². The fourth-order valence-electron chi connectivity index (χ4n) is 18.0. The summed E-state index contributed by atoms with van der Waals surface area (Å²) in [5, 5.41) is 0. The van der Waals surface area contributed by atoms with E-state index in [2.05, 4.69) is 46.3 Å². The standard InChI is InChI=1S/C56H86N2/c1-4-12-39(13-5-1)41-22-29-49(30-23-41)57(50-31-24-42(25-32-50)40-14-6-2-7-15-40)51-33-26-44-36-43(20-21-46(44)38-51)45-27-34-52-47(37-45)28-35-54-53-18-10-11-19-55(53)58(56(52)54)48-16-8-3-9-17-48/h1,4,6,14,36,38-42,44-50,52-56H,2-3,5,7-13,15-35,37H2/t39?,40?,41?,42?,44?,45-,46?,47-,49?,50?,52+,53-,54?,55?,56+/m0/s1. The first-order valence-electron chi connectivity index (χ1n) is 27.0. The van der Waals surface area contributed by atoms with E-state index in [1.165, 1.54) is 173 Å². The molecular formula is C56H86N2. The van der Waals surface area contributed by atoms with Crippen LogP contribution < -0.4 is 0 Å². The van der Waals surface area contributed by atoms with Crippen molar-refractivity contribution in [2.24, 2.45) is 65.1 Å². The van der Waals surface area contributed by atoms with E-state index >= 15 is 0 Å². The second kappa shape index (κ2) is 17.8. The SMILES string of the molecule is C1=CC(C2CCC(N(C3=CC4CCC([C@H]5CC[C@@H]6[C@@H](CCC7[C@@H]8CCCCC8N(C8CCCCC8)[C@@H]76)C5)=CC4CC3)C3CCC(C4CC=CCC4)CC3)CC2)CCC1. The van der Waals surface area contributed by atoms with E-state index in [-0.39, 0.29) is 0 Å². The quantitative estimate of drug-likeness (QED) is 0.237. The second-order valence-electron chi connectivity index (χ2n) is 23.3. The van der Waals surface area contributed by atoms with Gasteiger partial charge < -0.3 is 4.90 Å². The third-order valence-electron chi connectivity index (χ3n) is 20.7. The molecule has 320 valence electrons. The number of nitrogens with zero attached hydrogens (tertiary/aromatic N) is 2. The van der Waals surface area contributed by atoms with Gasteiger partial charge in [0.05, 0.1) is 0 Å². The van der Waals surface area contributed by atoms with Crippen LogP contribution in [-0.2, 0) is 0 Å². The topological polar surface area (TPSA) is 6.48 Å². The molecule has 1 aliphatic heterocycles. The van der Waals surface area contributed by atoms with Crippen LogP contribution in [0.3, 0.4) is 0 Å². The molecule has 6 saturated carbocycles. The molecule has 10 aliphatic carbocycles. The largest absolute Gasteiger partial charge is 0.369 e. The maximum atomic E-state index is 3.32. The lowest BCUT2D eigenvalue weighted by Crippen LogP contribution is -2.53. The van der Waals surface area contributed by atoms with Crippen molar-refractivity contribution in [3.63, 3.8) is 0 Å². The molecule has 11 rings (SSSR count). The van der Waals surface area contributed by atoms with Gasteiger partial charge in [-0.1, -0.05) is 74.1 Å². The number of likely N-dealkylation sites (tertiary alicyclic amines) is 1. The van der Waals surface area contributed by atoms with Gasteiger partial charge in [0.2, 0.25) is 0 Å². The minimum absolute atomic E-state index is 0.807. The highest BCUT2D eigenvalue weighted by Gasteiger charge is 2.57. The molecule has 0 aromatic rings. The number of fused-ring (bicyclic) bond motifs is 6. The van der Waals surface area contributed by atoms with E-state index in [1.54, 1.807) is 32.1 Å². The van der Waals surface area contributed by atoms with Crippen LogP contribution in [-0.4, -0.2) is 40.0 Å². The summed E-state index contributed by atoms with van der Waals surface area (Å²) in [5.41, 5.74) is 3.78. The van der Waals surface area contributed by atoms with Crippen LogP contribution >= 0.6 is 0 Å². The molecule has 0 radical (unpaired) electrons. The molecule has 58 heavy (non-hydrogen) atoms. The van der Waals surface area contributed by atoms with E-state index in [0.717, 1.165) is 95.3 Å². The van der Waals surface area contributed by atoms with E-state index < -0.39 is 0 Å². The molecule has 2 heteroatoms. The zero-order valence-electron chi connectivity index (χ0n) is 37.2. The van der Waals surface area contributed by atoms with Gasteiger partial charge in [-0.15, -0.1) is 0 Å². The van der Waals surface area contributed by atoms with Crippen LogP contribution in [0.25, 0.3) is 0 Å². The van der Waals surface area contributed by atoms with Crippen molar-refractivity contribution >= 4 is 0 Å². The molecule has 0 aromatic heterocycles. The molecule has 6 unspecified atom stereocenters. The van der Waals surface area contributed by atoms with E-state index in [0.29, 0.717) is 0 Å². The molecular weight excluding hydrogens is 701 g/mol. The van der Waals surface area contributed by atoms with Gasteiger partial charge in [-0.2, -0.15) is 0 Å². The molecule has 0 spiro atoms. The van der Waals surface area contributed by atoms with E-state index in [9.17, 15) is 0 Å². The summed E-state index contributed by atoms with van der Waals surface area (Å²) in [6.45, 7) is 0. The normalized spacial score (nSPS) is 46.2. The predicted octanol–water partition coefficient (Wildman–Crippen LogP) is 14.8. The van der Waals surface area contributed by atoms with Gasteiger partial charge in [0, 0.05) is 35.9 Å². The monoisotopic (exact) mass is 787 g/mol. The summed E-state index contributed by atoms with van der Waals surface area (Å²) < 4.78 is 0. The van der Waals surface area contributed by atoms with Gasteiger partial charge in [0.25, 0.3) is 0 Å². The molecule has 7 fully saturated rings. The maximum absolute atomic E-state index is 3.32. The highest BCUT2D eigenvalue weighted by Crippen LogP contribution is 2.58. The fourth-order valence-corrected chi connectivity index (χ4v) is 18.0. The lowest BCUT2D eigenvalue weighted by atomic mass is 9.59. The fraction of sp³-hybridized carbons (Fsp3) is 0.857. The van der Waals surface area contributed by atoms with E-state index in [4.69, 9.17) is 0 Å². The zero-order chi connectivity index (χ0) is 38.4. The van der Waals surface area contributed by atoms with Crippen LogP contribution in [0.5, 0.6) is 0 Å². The molecule has 1 heterocycles. The molecule has 0 amide bonds. The zero-order valence-corrected chi connectivity index (χ0v) is 37.2. The van der Waals surface area contributed by atoms with Crippen molar-refractivity contribution in [3.05, 3.63) is 47.7 Å². The van der Waals surface area contributed by atoms with Crippen molar-refractivity contribution in [2.45, 2.75) is 236 Å². The first-order chi connectivity index (χ1) is 28.7. The Hall–Kier alpha value is -1.28. The minimum Gasteiger partial charge on any atom is -0.369 e. The predicted molar refractivity (Wildman–Crippen MR) is 243 cm³/mol. The smallest absolute Gasteiger partial charge is 0.0290 e. The van der Waals surface area contributed by atoms with Crippen molar-refractivity contribution in [2.75, 3.05) is 0 Å². The summed E-state index contributed by atoms with van der Waals surface area (Å²) in [4.78, 5) is 6.51. The van der Waals surface area contributed by atoms with Crippen molar-refractivity contribution in [1.29, 1.82) is 0 Å². The van der Waals surface area contributed by atoms with Crippen molar-refractivity contribution in [1.82, 2.24) is 9.80 Å². The summed E-state index contributed by atoms with van der Waals surface area (Å²) in [7, 11) is 0. The summed E-state index contributed by atoms with van der Waals surface area (Å²) in [6, 6.07) is 4.48. The highest BCUT2D eigenvalue weighted by atomic mass is 15.3. The number of hydrogen-bond donors (Lipinski definition) is 0. The van der Waals surface area contributed by atoms with Gasteiger partial charge >= 0.3 is 0 Å². The molecule has 11 atom stereocenters. The first kappa shape index (κ1) is 39.6. The van der Waals surface area contributed by atoms with Gasteiger partial charge in [-0.25, -0.2) is 0 Å². The average molecular weight is 787 g/mol.